The summed E-state index contributed by atoms with van der Waals surface area (Å²) in [4.78, 5) is 7.27. The number of benzene rings is 1. The summed E-state index contributed by atoms with van der Waals surface area (Å²) in [5.41, 5.74) is 2.47. The van der Waals surface area contributed by atoms with Gasteiger partial charge in [0.05, 0.1) is 10.6 Å². The molecule has 0 spiro atoms. The lowest BCUT2D eigenvalue weighted by Crippen LogP contribution is -1.90. The van der Waals surface area contributed by atoms with Crippen molar-refractivity contribution in [2.45, 2.75) is 17.7 Å². The Hall–Kier alpha value is -1.58. The van der Waals surface area contributed by atoms with Gasteiger partial charge >= 0.3 is 0 Å². The summed E-state index contributed by atoms with van der Waals surface area (Å²) in [6.07, 6.45) is 17.1. The van der Waals surface area contributed by atoms with E-state index in [2.05, 4.69) is 72.0 Å². The van der Waals surface area contributed by atoms with Crippen LogP contribution in [0.15, 0.2) is 47.4 Å². The Morgan fingerprint density at radius 2 is 1.95 bits per heavy atom. The second kappa shape index (κ2) is 6.92. The number of aromatic nitrogens is 1. The lowest BCUT2D eigenvalue weighted by atomic mass is 10.1. The molecule has 1 aliphatic rings. The first-order valence-electron chi connectivity index (χ1n) is 7.00. The first-order chi connectivity index (χ1) is 10.3. The molecule has 106 valence electrons. The zero-order chi connectivity index (χ0) is 14.5. The molecule has 0 amide bonds. The normalized spacial score (nSPS) is 14.1. The van der Waals surface area contributed by atoms with E-state index in [-0.39, 0.29) is 0 Å². The van der Waals surface area contributed by atoms with Gasteiger partial charge in [-0.1, -0.05) is 36.4 Å². The number of rotatable bonds is 4. The van der Waals surface area contributed by atoms with Gasteiger partial charge < -0.3 is 0 Å². The van der Waals surface area contributed by atoms with Gasteiger partial charge in [0.1, 0.15) is 5.01 Å². The van der Waals surface area contributed by atoms with Gasteiger partial charge in [-0.2, -0.15) is 0 Å². The van der Waals surface area contributed by atoms with Crippen molar-refractivity contribution >= 4 is 41.3 Å². The fourth-order valence-electron chi connectivity index (χ4n) is 2.19. The monoisotopic (exact) mass is 311 g/mol. The summed E-state index contributed by atoms with van der Waals surface area (Å²) in [6, 6.07) is 8.58. The van der Waals surface area contributed by atoms with Gasteiger partial charge in [-0.25, -0.2) is 4.98 Å². The Balaban J connectivity index is 1.64. The Bertz CT molecular complexity index is 691. The second-order valence-corrected chi connectivity index (χ2v) is 6.74. The topological polar surface area (TPSA) is 12.9 Å². The lowest BCUT2D eigenvalue weighted by Gasteiger charge is -1.99. The molecule has 3 heteroatoms. The summed E-state index contributed by atoms with van der Waals surface area (Å²) in [5.74, 6) is 0. The largest absolute Gasteiger partial charge is 0.241 e. The van der Waals surface area contributed by atoms with E-state index in [0.29, 0.717) is 0 Å². The zero-order valence-corrected chi connectivity index (χ0v) is 13.6. The first-order valence-corrected chi connectivity index (χ1v) is 9.04. The Morgan fingerprint density at radius 1 is 1.14 bits per heavy atom. The SMILES string of the molecule is CSc1ccc(/C=C/C=C/c2nc3c(s2)C=CCC3)cc1. The highest BCUT2D eigenvalue weighted by atomic mass is 32.2. The molecule has 0 radical (unpaired) electrons. The number of fused-ring (bicyclic) bond motifs is 1. The smallest absolute Gasteiger partial charge is 0.116 e. The summed E-state index contributed by atoms with van der Waals surface area (Å²) >= 11 is 3.53. The standard InChI is InChI=1S/C18H17NS2/c1-20-15-12-10-14(11-13-15)6-2-5-9-18-19-16-7-3-4-8-17(16)21-18/h2,4-6,8-13H,3,7H2,1H3/b6-2+,9-5+. The molecule has 0 unspecified atom stereocenters. The summed E-state index contributed by atoms with van der Waals surface area (Å²) in [5, 5.41) is 1.09. The number of hydrogen-bond acceptors (Lipinski definition) is 3. The van der Waals surface area contributed by atoms with E-state index in [1.807, 2.05) is 0 Å². The molecule has 21 heavy (non-hydrogen) atoms. The molecule has 1 heterocycles. The van der Waals surface area contributed by atoms with Crippen molar-refractivity contribution in [3.05, 3.63) is 63.6 Å². The van der Waals surface area contributed by atoms with Crippen molar-refractivity contribution in [2.24, 2.45) is 0 Å². The van der Waals surface area contributed by atoms with Gasteiger partial charge in [0.2, 0.25) is 0 Å². The van der Waals surface area contributed by atoms with E-state index < -0.39 is 0 Å². The maximum absolute atomic E-state index is 4.66. The number of hydrogen-bond donors (Lipinski definition) is 0. The number of nitrogens with zero attached hydrogens (tertiary/aromatic N) is 1. The third-order valence-electron chi connectivity index (χ3n) is 3.32. The number of thiazole rings is 1. The minimum Gasteiger partial charge on any atom is -0.241 e. The third kappa shape index (κ3) is 3.74. The molecule has 0 atom stereocenters. The molecular formula is C18H17NS2. The quantitative estimate of drug-likeness (QED) is 0.542. The summed E-state index contributed by atoms with van der Waals surface area (Å²) in [6.45, 7) is 0. The van der Waals surface area contributed by atoms with Crippen LogP contribution in [0.5, 0.6) is 0 Å². The molecule has 2 aromatic rings. The highest BCUT2D eigenvalue weighted by molar-refractivity contribution is 7.98. The van der Waals surface area contributed by atoms with Crippen molar-refractivity contribution in [3.8, 4) is 0 Å². The van der Waals surface area contributed by atoms with Crippen LogP contribution in [0.3, 0.4) is 0 Å². The van der Waals surface area contributed by atoms with Crippen molar-refractivity contribution in [2.75, 3.05) is 6.26 Å². The molecule has 1 aromatic heterocycles. The van der Waals surface area contributed by atoms with Crippen LogP contribution in [-0.4, -0.2) is 11.2 Å². The molecule has 0 saturated heterocycles. The van der Waals surface area contributed by atoms with Crippen LogP contribution in [0, 0.1) is 0 Å². The fourth-order valence-corrected chi connectivity index (χ4v) is 3.56. The van der Waals surface area contributed by atoms with Crippen LogP contribution in [0.4, 0.5) is 0 Å². The molecule has 1 nitrogen and oxygen atoms in total. The minimum absolute atomic E-state index is 1.08. The van der Waals surface area contributed by atoms with Crippen LogP contribution in [0.25, 0.3) is 18.2 Å². The van der Waals surface area contributed by atoms with E-state index in [1.165, 1.54) is 21.0 Å². The van der Waals surface area contributed by atoms with E-state index in [1.54, 1.807) is 23.1 Å². The Labute approximate surface area is 134 Å². The van der Waals surface area contributed by atoms with Gasteiger partial charge in [0, 0.05) is 4.90 Å². The van der Waals surface area contributed by atoms with Crippen LogP contribution >= 0.6 is 23.1 Å². The van der Waals surface area contributed by atoms with Gasteiger partial charge in [0.25, 0.3) is 0 Å². The summed E-state index contributed by atoms with van der Waals surface area (Å²) in [7, 11) is 0. The average Bonchev–Trinajstić information content (AvgIpc) is 2.95. The zero-order valence-electron chi connectivity index (χ0n) is 12.0. The number of thioether (sulfide) groups is 1. The minimum atomic E-state index is 1.08. The van der Waals surface area contributed by atoms with Crippen LogP contribution in [-0.2, 0) is 6.42 Å². The van der Waals surface area contributed by atoms with E-state index in [4.69, 9.17) is 0 Å². The van der Waals surface area contributed by atoms with Crippen LogP contribution in [0.1, 0.15) is 27.6 Å². The van der Waals surface area contributed by atoms with E-state index >= 15 is 0 Å². The fraction of sp³-hybridized carbons (Fsp3) is 0.167. The maximum Gasteiger partial charge on any atom is 0.116 e. The van der Waals surface area contributed by atoms with E-state index in [0.717, 1.165) is 17.8 Å². The lowest BCUT2D eigenvalue weighted by molar-refractivity contribution is 0.944. The first kappa shape index (κ1) is 14.4. The second-order valence-electron chi connectivity index (χ2n) is 4.80. The van der Waals surface area contributed by atoms with Gasteiger partial charge in [0.15, 0.2) is 0 Å². The predicted octanol–water partition coefficient (Wildman–Crippen LogP) is 5.55. The van der Waals surface area contributed by atoms with Crippen molar-refractivity contribution < 1.29 is 0 Å². The maximum atomic E-state index is 4.66. The molecule has 0 fully saturated rings. The highest BCUT2D eigenvalue weighted by Gasteiger charge is 2.09. The van der Waals surface area contributed by atoms with Crippen molar-refractivity contribution in [3.63, 3.8) is 0 Å². The molecule has 1 aromatic carbocycles. The Morgan fingerprint density at radius 3 is 2.71 bits per heavy atom. The average molecular weight is 311 g/mol. The Kier molecular flexibility index (Phi) is 4.73. The van der Waals surface area contributed by atoms with Gasteiger partial charge in [-0.15, -0.1) is 23.1 Å². The van der Waals surface area contributed by atoms with Gasteiger partial charge in [-0.05, 0) is 48.9 Å². The third-order valence-corrected chi connectivity index (χ3v) is 5.09. The molecule has 0 bridgehead atoms. The van der Waals surface area contributed by atoms with Crippen LogP contribution < -0.4 is 0 Å². The molecular weight excluding hydrogens is 294 g/mol. The predicted molar refractivity (Wildman–Crippen MR) is 95.8 cm³/mol. The highest BCUT2D eigenvalue weighted by Crippen LogP contribution is 2.26. The number of aryl methyl sites for hydroxylation is 1. The van der Waals surface area contributed by atoms with Gasteiger partial charge in [-0.3, -0.25) is 0 Å². The molecule has 0 saturated carbocycles. The van der Waals surface area contributed by atoms with E-state index in [9.17, 15) is 0 Å². The molecule has 1 aliphatic carbocycles. The van der Waals surface area contributed by atoms with Crippen LogP contribution in [0.2, 0.25) is 0 Å². The molecule has 0 N–H and O–H groups in total. The van der Waals surface area contributed by atoms with Crippen molar-refractivity contribution in [1.29, 1.82) is 0 Å². The molecule has 3 rings (SSSR count). The van der Waals surface area contributed by atoms with Crippen molar-refractivity contribution in [1.82, 2.24) is 4.98 Å². The number of allylic oxidation sites excluding steroid dienone is 3. The molecule has 0 aliphatic heterocycles. The summed E-state index contributed by atoms with van der Waals surface area (Å²) < 4.78 is 0.